The van der Waals surface area contributed by atoms with E-state index in [9.17, 15) is 38.7 Å². The number of carbonyl (C=O) groups is 5. The third kappa shape index (κ3) is 5.85. The van der Waals surface area contributed by atoms with Gasteiger partial charge < -0.3 is 34.5 Å². The molecule has 45 heavy (non-hydrogen) atoms. The van der Waals surface area contributed by atoms with E-state index in [1.807, 2.05) is 0 Å². The zero-order valence-corrected chi connectivity index (χ0v) is 25.3. The second kappa shape index (κ2) is 11.9. The van der Waals surface area contributed by atoms with Crippen LogP contribution in [-0.2, 0) is 30.5 Å². The zero-order chi connectivity index (χ0) is 32.8. The maximum absolute atomic E-state index is 13.5. The molecule has 15 nitrogen and oxygen atoms in total. The van der Waals surface area contributed by atoms with Crippen LogP contribution in [0.15, 0.2) is 56.5 Å². The molecule has 0 unspecified atom stereocenters. The SMILES string of the molecule is COC(=O)Oc1cc(Cl)cc2c(=O)n(CC(=O)N[C@@H](C(=O)N[C@@H]3C(=O)N4[C@@H]3SC(C)(C)[C@@H]4C(=O)O)c3ccccc3)c(=O)oc12. The highest BCUT2D eigenvalue weighted by Crippen LogP contribution is 2.50. The summed E-state index contributed by atoms with van der Waals surface area (Å²) in [5.74, 6) is -5.09. The van der Waals surface area contributed by atoms with E-state index in [-0.39, 0.29) is 16.2 Å². The van der Waals surface area contributed by atoms with Crippen molar-refractivity contribution in [3.05, 3.63) is 74.0 Å². The van der Waals surface area contributed by atoms with Gasteiger partial charge in [-0.1, -0.05) is 41.9 Å². The molecule has 2 saturated heterocycles. The van der Waals surface area contributed by atoms with Crippen LogP contribution in [0.5, 0.6) is 5.75 Å². The van der Waals surface area contributed by atoms with Crippen LogP contribution in [-0.4, -0.2) is 73.7 Å². The Morgan fingerprint density at radius 3 is 2.47 bits per heavy atom. The summed E-state index contributed by atoms with van der Waals surface area (Å²) in [5, 5.41) is 13.8. The summed E-state index contributed by atoms with van der Waals surface area (Å²) in [5.41, 5.74) is -1.08. The van der Waals surface area contributed by atoms with Gasteiger partial charge in [0.25, 0.3) is 5.56 Å². The number of aromatic nitrogens is 1. The van der Waals surface area contributed by atoms with Gasteiger partial charge in [-0.25, -0.2) is 19.0 Å². The molecule has 4 atom stereocenters. The van der Waals surface area contributed by atoms with Crippen LogP contribution in [0.1, 0.15) is 25.5 Å². The fourth-order valence-electron chi connectivity index (χ4n) is 5.23. The molecule has 0 spiro atoms. The van der Waals surface area contributed by atoms with Crippen LogP contribution in [0.25, 0.3) is 11.0 Å². The summed E-state index contributed by atoms with van der Waals surface area (Å²) >= 11 is 7.29. The minimum absolute atomic E-state index is 0.0493. The number of carbonyl (C=O) groups excluding carboxylic acids is 4. The van der Waals surface area contributed by atoms with Gasteiger partial charge in [-0.05, 0) is 25.5 Å². The van der Waals surface area contributed by atoms with Crippen molar-refractivity contribution in [2.24, 2.45) is 0 Å². The fraction of sp³-hybridized carbons (Fsp3) is 0.321. The van der Waals surface area contributed by atoms with E-state index in [4.69, 9.17) is 20.8 Å². The van der Waals surface area contributed by atoms with Gasteiger partial charge in [0.15, 0.2) is 11.3 Å². The average Bonchev–Trinajstić information content (AvgIpc) is 3.25. The molecule has 3 aromatic rings. The van der Waals surface area contributed by atoms with E-state index in [0.717, 1.165) is 19.2 Å². The lowest BCUT2D eigenvalue weighted by atomic mass is 9.95. The third-order valence-electron chi connectivity index (χ3n) is 7.24. The van der Waals surface area contributed by atoms with E-state index in [2.05, 4.69) is 15.4 Å². The Balaban J connectivity index is 1.39. The van der Waals surface area contributed by atoms with Crippen molar-refractivity contribution in [3.63, 3.8) is 0 Å². The van der Waals surface area contributed by atoms with Crippen LogP contribution in [0, 0.1) is 0 Å². The molecular formula is C28H25ClN4O11S. The zero-order valence-electron chi connectivity index (χ0n) is 23.8. The standard InChI is InChI=1S/C28H25ClN4O11S/c1-28(2)20(25(38)39)33-23(37)18(24(33)45-28)31-21(35)17(12-7-5-4-6-8-12)30-16(34)11-32-22(36)14-9-13(29)10-15(43-27(41)42-3)19(14)44-26(32)40/h4-10,17-18,20,24H,11H2,1-3H3,(H,30,34)(H,31,35)(H,38,39)/t17-,18-,20+,24-/m1/s1. The van der Waals surface area contributed by atoms with Crippen LogP contribution < -0.4 is 26.7 Å². The van der Waals surface area contributed by atoms with Gasteiger partial charge in [0.05, 0.1) is 12.5 Å². The summed E-state index contributed by atoms with van der Waals surface area (Å²) in [6, 6.07) is 6.80. The molecule has 2 fully saturated rings. The molecule has 0 bridgehead atoms. The highest BCUT2D eigenvalue weighted by Gasteiger charge is 2.64. The second-order valence-electron chi connectivity index (χ2n) is 10.6. The molecule has 0 aliphatic carbocycles. The molecule has 0 saturated carbocycles. The van der Waals surface area contributed by atoms with Crippen LogP contribution in [0.2, 0.25) is 5.02 Å². The summed E-state index contributed by atoms with van der Waals surface area (Å²) in [4.78, 5) is 90.3. The number of carboxylic acid groups (broad SMARTS) is 1. The smallest absolute Gasteiger partial charge is 0.480 e. The minimum Gasteiger partial charge on any atom is -0.480 e. The number of carboxylic acids is 1. The van der Waals surface area contributed by atoms with E-state index in [0.29, 0.717) is 10.1 Å². The Labute approximate surface area is 262 Å². The molecule has 2 aromatic carbocycles. The highest BCUT2D eigenvalue weighted by molar-refractivity contribution is 8.01. The molecule has 3 amide bonds. The summed E-state index contributed by atoms with van der Waals surface area (Å²) in [7, 11) is 1.04. The Hall–Kier alpha value is -4.83. The van der Waals surface area contributed by atoms with Crippen molar-refractivity contribution in [1.82, 2.24) is 20.1 Å². The molecule has 0 radical (unpaired) electrons. The quantitative estimate of drug-likeness (QED) is 0.177. The molecule has 5 rings (SSSR count). The molecule has 2 aliphatic rings. The number of β-lactam (4-membered cyclic amide) rings is 1. The van der Waals surface area contributed by atoms with Gasteiger partial charge in [0, 0.05) is 15.8 Å². The number of nitrogens with one attached hydrogen (secondary N) is 2. The number of methoxy groups -OCH3 is 1. The van der Waals surface area contributed by atoms with Crippen molar-refractivity contribution in [1.29, 1.82) is 0 Å². The number of aliphatic carboxylic acids is 1. The van der Waals surface area contributed by atoms with Crippen molar-refractivity contribution in [2.45, 2.75) is 48.6 Å². The lowest BCUT2D eigenvalue weighted by Crippen LogP contribution is -2.71. The largest absolute Gasteiger partial charge is 0.513 e. The lowest BCUT2D eigenvalue weighted by Gasteiger charge is -2.44. The monoisotopic (exact) mass is 660 g/mol. The van der Waals surface area contributed by atoms with Crippen LogP contribution >= 0.6 is 23.4 Å². The highest BCUT2D eigenvalue weighted by atomic mass is 35.5. The Morgan fingerprint density at radius 2 is 1.82 bits per heavy atom. The maximum atomic E-state index is 13.5. The summed E-state index contributed by atoms with van der Waals surface area (Å²) < 4.78 is 14.2. The number of rotatable bonds is 8. The predicted octanol–water partition coefficient (Wildman–Crippen LogP) is 1.24. The summed E-state index contributed by atoms with van der Waals surface area (Å²) in [6.07, 6.45) is -1.16. The van der Waals surface area contributed by atoms with Gasteiger partial charge in [-0.2, -0.15) is 0 Å². The number of nitrogens with zero attached hydrogens (tertiary/aromatic N) is 2. The average molecular weight is 661 g/mol. The summed E-state index contributed by atoms with van der Waals surface area (Å²) in [6.45, 7) is 2.51. The van der Waals surface area contributed by atoms with Crippen LogP contribution in [0.3, 0.4) is 0 Å². The van der Waals surface area contributed by atoms with Gasteiger partial charge in [0.2, 0.25) is 17.7 Å². The fourth-order valence-corrected chi connectivity index (χ4v) is 7.06. The molecular weight excluding hydrogens is 636 g/mol. The van der Waals surface area contributed by atoms with Crippen molar-refractivity contribution >= 4 is 64.2 Å². The normalized spacial score (nSPS) is 20.5. The van der Waals surface area contributed by atoms with Crippen molar-refractivity contribution in [2.75, 3.05) is 7.11 Å². The molecule has 1 aromatic heterocycles. The topological polar surface area (TPSA) is 204 Å². The van der Waals surface area contributed by atoms with Gasteiger partial charge in [0.1, 0.15) is 30.0 Å². The Bertz CT molecular complexity index is 1860. The third-order valence-corrected chi connectivity index (χ3v) is 9.03. The van der Waals surface area contributed by atoms with Gasteiger partial charge in [-0.15, -0.1) is 11.8 Å². The first-order valence-corrected chi connectivity index (χ1v) is 14.5. The number of hydrogen-bond acceptors (Lipinski definition) is 11. The first-order valence-electron chi connectivity index (χ1n) is 13.2. The number of halogens is 1. The predicted molar refractivity (Wildman–Crippen MR) is 158 cm³/mol. The Kier molecular flexibility index (Phi) is 8.37. The number of ether oxygens (including phenoxy) is 2. The molecule has 3 heterocycles. The number of fused-ring (bicyclic) bond motifs is 2. The Morgan fingerprint density at radius 1 is 1.13 bits per heavy atom. The number of benzene rings is 2. The second-order valence-corrected chi connectivity index (χ2v) is 12.8. The van der Waals surface area contributed by atoms with Gasteiger partial charge in [-0.3, -0.25) is 19.2 Å². The maximum Gasteiger partial charge on any atom is 0.513 e. The molecule has 2 aliphatic heterocycles. The van der Waals surface area contributed by atoms with Crippen LogP contribution in [0.4, 0.5) is 4.79 Å². The molecule has 17 heteroatoms. The first-order chi connectivity index (χ1) is 21.2. The molecule has 3 N–H and O–H groups in total. The number of hydrogen-bond donors (Lipinski definition) is 3. The van der Waals surface area contributed by atoms with E-state index < -0.39 is 81.5 Å². The van der Waals surface area contributed by atoms with Crippen molar-refractivity contribution in [3.8, 4) is 5.75 Å². The lowest BCUT2D eigenvalue weighted by molar-refractivity contribution is -0.161. The van der Waals surface area contributed by atoms with Gasteiger partial charge >= 0.3 is 17.9 Å². The van der Waals surface area contributed by atoms with Crippen molar-refractivity contribution < 1.29 is 43.0 Å². The number of amides is 3. The first kappa shape index (κ1) is 31.6. The van der Waals surface area contributed by atoms with E-state index in [1.54, 1.807) is 44.2 Å². The minimum atomic E-state index is -1.37. The molecule has 236 valence electrons. The van der Waals surface area contributed by atoms with E-state index in [1.165, 1.54) is 16.7 Å². The van der Waals surface area contributed by atoms with E-state index >= 15 is 0 Å². The number of thioether (sulfide) groups is 1.